The van der Waals surface area contributed by atoms with Gasteiger partial charge in [0.2, 0.25) is 5.76 Å². The van der Waals surface area contributed by atoms with Gasteiger partial charge in [0.15, 0.2) is 6.39 Å². The standard InChI is InChI=1S/C17H21N3O3/c1-12(2)15-16(23-11-18-15)17(21)19-13-5-3-4-6-14(13)20-7-9-22-10-8-20/h3-6,11-12H,7-10H2,1-2H3,(H,19,21). The Morgan fingerprint density at radius 3 is 2.74 bits per heavy atom. The molecule has 0 unspecified atom stereocenters. The number of nitrogens with one attached hydrogen (secondary N) is 1. The monoisotopic (exact) mass is 315 g/mol. The number of benzene rings is 1. The molecular formula is C17H21N3O3. The lowest BCUT2D eigenvalue weighted by atomic mass is 10.1. The summed E-state index contributed by atoms with van der Waals surface area (Å²) in [5.41, 5.74) is 2.44. The number of aromatic nitrogens is 1. The minimum absolute atomic E-state index is 0.129. The molecule has 122 valence electrons. The number of hydrogen-bond acceptors (Lipinski definition) is 5. The Hall–Kier alpha value is -2.34. The van der Waals surface area contributed by atoms with Gasteiger partial charge in [-0.15, -0.1) is 0 Å². The van der Waals surface area contributed by atoms with E-state index in [2.05, 4.69) is 15.2 Å². The minimum atomic E-state index is -0.271. The van der Waals surface area contributed by atoms with Crippen LogP contribution in [0.3, 0.4) is 0 Å². The van der Waals surface area contributed by atoms with E-state index in [1.807, 2.05) is 38.1 Å². The van der Waals surface area contributed by atoms with Crippen LogP contribution < -0.4 is 10.2 Å². The first kappa shape index (κ1) is 15.6. The second-order valence-corrected chi connectivity index (χ2v) is 5.79. The van der Waals surface area contributed by atoms with Crippen molar-refractivity contribution in [3.05, 3.63) is 42.1 Å². The SMILES string of the molecule is CC(C)c1ncoc1C(=O)Nc1ccccc1N1CCOCC1. The Balaban J connectivity index is 1.82. The number of rotatable bonds is 4. The predicted octanol–water partition coefficient (Wildman–Crippen LogP) is 2.89. The third-order valence-electron chi connectivity index (χ3n) is 3.85. The molecule has 1 saturated heterocycles. The van der Waals surface area contributed by atoms with Gasteiger partial charge in [0.05, 0.1) is 30.3 Å². The summed E-state index contributed by atoms with van der Waals surface area (Å²) in [4.78, 5) is 18.9. The molecule has 0 bridgehead atoms. The highest BCUT2D eigenvalue weighted by molar-refractivity contribution is 6.04. The van der Waals surface area contributed by atoms with E-state index in [0.717, 1.165) is 24.5 Å². The maximum atomic E-state index is 12.5. The van der Waals surface area contributed by atoms with Crippen molar-refractivity contribution in [1.82, 2.24) is 4.98 Å². The fourth-order valence-electron chi connectivity index (χ4n) is 2.67. The molecular weight excluding hydrogens is 294 g/mol. The van der Waals surface area contributed by atoms with Crippen molar-refractivity contribution in [3.63, 3.8) is 0 Å². The molecule has 0 aliphatic carbocycles. The average molecular weight is 315 g/mol. The van der Waals surface area contributed by atoms with Gasteiger partial charge in [-0.3, -0.25) is 4.79 Å². The minimum Gasteiger partial charge on any atom is -0.438 e. The predicted molar refractivity (Wildman–Crippen MR) is 88.0 cm³/mol. The third kappa shape index (κ3) is 3.37. The van der Waals surface area contributed by atoms with Crippen LogP contribution in [0.4, 0.5) is 11.4 Å². The van der Waals surface area contributed by atoms with Crippen molar-refractivity contribution >= 4 is 17.3 Å². The van der Waals surface area contributed by atoms with E-state index in [1.54, 1.807) is 0 Å². The summed E-state index contributed by atoms with van der Waals surface area (Å²) in [6.07, 6.45) is 1.32. The maximum Gasteiger partial charge on any atom is 0.293 e. The molecule has 6 nitrogen and oxygen atoms in total. The highest BCUT2D eigenvalue weighted by Crippen LogP contribution is 2.27. The summed E-state index contributed by atoms with van der Waals surface area (Å²) in [5, 5.41) is 2.95. The van der Waals surface area contributed by atoms with E-state index in [-0.39, 0.29) is 17.6 Å². The maximum absolute atomic E-state index is 12.5. The molecule has 1 aliphatic rings. The highest BCUT2D eigenvalue weighted by Gasteiger charge is 2.21. The van der Waals surface area contributed by atoms with Gasteiger partial charge < -0.3 is 19.4 Å². The summed E-state index contributed by atoms with van der Waals surface area (Å²) >= 11 is 0. The lowest BCUT2D eigenvalue weighted by Gasteiger charge is -2.30. The molecule has 1 N–H and O–H groups in total. The fraction of sp³-hybridized carbons (Fsp3) is 0.412. The molecule has 23 heavy (non-hydrogen) atoms. The number of ether oxygens (including phenoxy) is 1. The van der Waals surface area contributed by atoms with Crippen LogP contribution >= 0.6 is 0 Å². The Morgan fingerprint density at radius 1 is 1.26 bits per heavy atom. The molecule has 1 fully saturated rings. The zero-order valence-corrected chi connectivity index (χ0v) is 13.4. The number of para-hydroxylation sites is 2. The van der Waals surface area contributed by atoms with Crippen LogP contribution in [0.25, 0.3) is 0 Å². The first-order valence-corrected chi connectivity index (χ1v) is 7.83. The number of carbonyl (C=O) groups excluding carboxylic acids is 1. The first-order valence-electron chi connectivity index (χ1n) is 7.83. The normalized spacial score (nSPS) is 15.0. The number of oxazole rings is 1. The van der Waals surface area contributed by atoms with Crippen LogP contribution in [0.5, 0.6) is 0 Å². The van der Waals surface area contributed by atoms with Gasteiger partial charge in [0.1, 0.15) is 0 Å². The summed E-state index contributed by atoms with van der Waals surface area (Å²) in [6.45, 7) is 6.98. The van der Waals surface area contributed by atoms with Crippen LogP contribution in [0, 0.1) is 0 Å². The molecule has 0 atom stereocenters. The summed E-state index contributed by atoms with van der Waals surface area (Å²) < 4.78 is 10.7. The van der Waals surface area contributed by atoms with Crippen molar-refractivity contribution in [2.24, 2.45) is 0 Å². The van der Waals surface area contributed by atoms with Crippen LogP contribution in [-0.2, 0) is 4.74 Å². The third-order valence-corrected chi connectivity index (χ3v) is 3.85. The lowest BCUT2D eigenvalue weighted by molar-refractivity contribution is 0.0995. The Labute approximate surface area is 135 Å². The van der Waals surface area contributed by atoms with Crippen molar-refractivity contribution in [2.75, 3.05) is 36.5 Å². The fourth-order valence-corrected chi connectivity index (χ4v) is 2.67. The number of anilines is 2. The second-order valence-electron chi connectivity index (χ2n) is 5.79. The van der Waals surface area contributed by atoms with E-state index in [0.29, 0.717) is 18.9 Å². The molecule has 2 heterocycles. The molecule has 1 aliphatic heterocycles. The molecule has 0 spiro atoms. The van der Waals surface area contributed by atoms with Crippen LogP contribution in [0.15, 0.2) is 35.1 Å². The van der Waals surface area contributed by atoms with E-state index < -0.39 is 0 Å². The van der Waals surface area contributed by atoms with E-state index >= 15 is 0 Å². The molecule has 0 radical (unpaired) electrons. The molecule has 2 aromatic rings. The quantitative estimate of drug-likeness (QED) is 0.939. The number of amides is 1. The van der Waals surface area contributed by atoms with Crippen molar-refractivity contribution in [2.45, 2.75) is 19.8 Å². The van der Waals surface area contributed by atoms with Gasteiger partial charge >= 0.3 is 0 Å². The van der Waals surface area contributed by atoms with Crippen LogP contribution in [0.1, 0.15) is 36.0 Å². The molecule has 3 rings (SSSR count). The Morgan fingerprint density at radius 2 is 2.00 bits per heavy atom. The summed E-state index contributed by atoms with van der Waals surface area (Å²) in [7, 11) is 0. The molecule has 6 heteroatoms. The van der Waals surface area contributed by atoms with Gasteiger partial charge in [-0.05, 0) is 18.1 Å². The van der Waals surface area contributed by atoms with Crippen LogP contribution in [0.2, 0.25) is 0 Å². The van der Waals surface area contributed by atoms with E-state index in [1.165, 1.54) is 6.39 Å². The van der Waals surface area contributed by atoms with Crippen molar-refractivity contribution in [1.29, 1.82) is 0 Å². The largest absolute Gasteiger partial charge is 0.438 e. The van der Waals surface area contributed by atoms with Crippen molar-refractivity contribution < 1.29 is 13.9 Å². The molecule has 0 saturated carbocycles. The van der Waals surface area contributed by atoms with E-state index in [4.69, 9.17) is 9.15 Å². The average Bonchev–Trinajstić information content (AvgIpc) is 3.06. The number of nitrogens with zero attached hydrogens (tertiary/aromatic N) is 2. The lowest BCUT2D eigenvalue weighted by Crippen LogP contribution is -2.36. The topological polar surface area (TPSA) is 67.6 Å². The Kier molecular flexibility index (Phi) is 4.62. The molecule has 1 aromatic heterocycles. The van der Waals surface area contributed by atoms with Gasteiger partial charge in [-0.1, -0.05) is 26.0 Å². The molecule has 1 amide bonds. The Bertz CT molecular complexity index is 675. The zero-order chi connectivity index (χ0) is 16.2. The van der Waals surface area contributed by atoms with Gasteiger partial charge in [0.25, 0.3) is 5.91 Å². The van der Waals surface area contributed by atoms with Crippen LogP contribution in [-0.4, -0.2) is 37.2 Å². The zero-order valence-electron chi connectivity index (χ0n) is 13.4. The summed E-state index contributed by atoms with van der Waals surface area (Å²) in [6, 6.07) is 7.77. The van der Waals surface area contributed by atoms with Crippen molar-refractivity contribution in [3.8, 4) is 0 Å². The number of hydrogen-bond donors (Lipinski definition) is 1. The number of morpholine rings is 1. The number of carbonyl (C=O) groups is 1. The second kappa shape index (κ2) is 6.83. The highest BCUT2D eigenvalue weighted by atomic mass is 16.5. The first-order chi connectivity index (χ1) is 11.2. The smallest absolute Gasteiger partial charge is 0.293 e. The molecule has 1 aromatic carbocycles. The van der Waals surface area contributed by atoms with E-state index in [9.17, 15) is 4.79 Å². The van der Waals surface area contributed by atoms with Gasteiger partial charge in [-0.25, -0.2) is 4.98 Å². The van der Waals surface area contributed by atoms with Gasteiger partial charge in [0, 0.05) is 13.1 Å². The summed E-state index contributed by atoms with van der Waals surface area (Å²) in [5.74, 6) is 0.132. The van der Waals surface area contributed by atoms with Gasteiger partial charge in [-0.2, -0.15) is 0 Å².